The van der Waals surface area contributed by atoms with Gasteiger partial charge >= 0.3 is 0 Å². The molecule has 0 N–H and O–H groups in total. The number of hydrogen-bond donors (Lipinski definition) is 0. The van der Waals surface area contributed by atoms with Gasteiger partial charge in [-0.05, 0) is 12.1 Å². The van der Waals surface area contributed by atoms with E-state index in [9.17, 15) is 4.79 Å². The summed E-state index contributed by atoms with van der Waals surface area (Å²) in [5.74, 6) is 1.51. The van der Waals surface area contributed by atoms with Gasteiger partial charge in [-0.3, -0.25) is 4.79 Å². The normalized spacial score (nSPS) is 9.88. The second kappa shape index (κ2) is 6.35. The number of hydrogen-bond acceptors (Lipinski definition) is 3. The molecule has 94 valence electrons. The van der Waals surface area contributed by atoms with Crippen molar-refractivity contribution in [2.24, 2.45) is 0 Å². The first-order chi connectivity index (χ1) is 8.13. The molecule has 5 heteroatoms. The smallest absolute Gasteiger partial charge is 0.227 e. The minimum atomic E-state index is -0.0350. The highest BCUT2D eigenvalue weighted by atomic mass is 35.5. The Hall–Kier alpha value is -1.42. The summed E-state index contributed by atoms with van der Waals surface area (Å²) in [6.07, 6.45) is 0.312. The average Bonchev–Trinajstić information content (AvgIpc) is 2.37. The topological polar surface area (TPSA) is 38.8 Å². The van der Waals surface area contributed by atoms with Crippen molar-refractivity contribution in [1.29, 1.82) is 0 Å². The number of amides is 1. The fraction of sp³-hybridized carbons (Fsp3) is 0.417. The van der Waals surface area contributed by atoms with E-state index in [1.54, 1.807) is 44.4 Å². The molecule has 0 saturated carbocycles. The van der Waals surface area contributed by atoms with Crippen LogP contribution < -0.4 is 14.4 Å². The maximum atomic E-state index is 11.7. The molecule has 0 aliphatic heterocycles. The number of halogens is 1. The lowest BCUT2D eigenvalue weighted by Crippen LogP contribution is -2.26. The van der Waals surface area contributed by atoms with Crippen LogP contribution in [0.3, 0.4) is 0 Å². The van der Waals surface area contributed by atoms with Crippen LogP contribution in [0.1, 0.15) is 6.42 Å². The van der Waals surface area contributed by atoms with E-state index in [2.05, 4.69) is 0 Å². The first kappa shape index (κ1) is 13.6. The fourth-order valence-electron chi connectivity index (χ4n) is 1.43. The van der Waals surface area contributed by atoms with Crippen LogP contribution in [0.15, 0.2) is 18.2 Å². The Morgan fingerprint density at radius 2 is 1.94 bits per heavy atom. The highest BCUT2D eigenvalue weighted by Gasteiger charge is 2.12. The molecule has 0 unspecified atom stereocenters. The Labute approximate surface area is 106 Å². The van der Waals surface area contributed by atoms with Gasteiger partial charge in [-0.1, -0.05) is 0 Å². The minimum absolute atomic E-state index is 0.0350. The summed E-state index contributed by atoms with van der Waals surface area (Å²) in [6, 6.07) is 5.32. The highest BCUT2D eigenvalue weighted by molar-refractivity contribution is 6.19. The predicted molar refractivity (Wildman–Crippen MR) is 68.3 cm³/mol. The molecule has 0 saturated heterocycles. The number of nitrogens with zero attached hydrogens (tertiary/aromatic N) is 1. The third-order valence-corrected chi connectivity index (χ3v) is 2.63. The maximum Gasteiger partial charge on any atom is 0.227 e. The van der Waals surface area contributed by atoms with Crippen LogP contribution in [0.25, 0.3) is 0 Å². The quantitative estimate of drug-likeness (QED) is 0.760. The van der Waals surface area contributed by atoms with Crippen molar-refractivity contribution in [2.75, 3.05) is 32.0 Å². The van der Waals surface area contributed by atoms with Crippen LogP contribution in [0.2, 0.25) is 0 Å². The molecular weight excluding hydrogens is 242 g/mol. The van der Waals surface area contributed by atoms with Gasteiger partial charge in [0, 0.05) is 31.1 Å². The summed E-state index contributed by atoms with van der Waals surface area (Å²) in [5, 5.41) is 0. The van der Waals surface area contributed by atoms with Gasteiger partial charge in [0.15, 0.2) is 11.5 Å². The Morgan fingerprint density at radius 3 is 2.47 bits per heavy atom. The van der Waals surface area contributed by atoms with Crippen molar-refractivity contribution in [3.63, 3.8) is 0 Å². The van der Waals surface area contributed by atoms with Gasteiger partial charge in [-0.25, -0.2) is 0 Å². The van der Waals surface area contributed by atoms with Crippen molar-refractivity contribution < 1.29 is 14.3 Å². The van der Waals surface area contributed by atoms with Crippen molar-refractivity contribution >= 4 is 23.2 Å². The summed E-state index contributed by atoms with van der Waals surface area (Å²) in [4.78, 5) is 13.2. The van der Waals surface area contributed by atoms with Crippen LogP contribution in [0.5, 0.6) is 11.5 Å². The number of anilines is 1. The van der Waals surface area contributed by atoms with Gasteiger partial charge in [0.05, 0.1) is 14.2 Å². The van der Waals surface area contributed by atoms with Gasteiger partial charge in [-0.15, -0.1) is 11.6 Å². The third-order valence-electron chi connectivity index (χ3n) is 2.44. The lowest BCUT2D eigenvalue weighted by atomic mass is 10.2. The van der Waals surface area contributed by atoms with E-state index in [0.29, 0.717) is 23.8 Å². The molecule has 0 heterocycles. The van der Waals surface area contributed by atoms with Crippen molar-refractivity contribution in [3.05, 3.63) is 18.2 Å². The minimum Gasteiger partial charge on any atom is -0.493 e. The molecule has 1 aromatic carbocycles. The molecule has 1 aromatic rings. The lowest BCUT2D eigenvalue weighted by Gasteiger charge is -2.18. The number of carbonyl (C=O) groups is 1. The van der Waals surface area contributed by atoms with Gasteiger partial charge < -0.3 is 14.4 Å². The molecule has 0 radical (unpaired) electrons. The van der Waals surface area contributed by atoms with E-state index in [1.807, 2.05) is 0 Å². The number of carbonyl (C=O) groups excluding carboxylic acids is 1. The summed E-state index contributed by atoms with van der Waals surface area (Å²) in [5.41, 5.74) is 0.748. The largest absolute Gasteiger partial charge is 0.493 e. The van der Waals surface area contributed by atoms with Gasteiger partial charge in [0.2, 0.25) is 5.91 Å². The van der Waals surface area contributed by atoms with E-state index in [4.69, 9.17) is 21.1 Å². The zero-order chi connectivity index (χ0) is 12.8. The van der Waals surface area contributed by atoms with Crippen LogP contribution in [0.4, 0.5) is 5.69 Å². The Bertz CT molecular complexity index is 395. The van der Waals surface area contributed by atoms with Gasteiger partial charge in [-0.2, -0.15) is 0 Å². The highest BCUT2D eigenvalue weighted by Crippen LogP contribution is 2.31. The zero-order valence-corrected chi connectivity index (χ0v) is 11.0. The SMILES string of the molecule is COc1ccc(N(C)C(=O)CCCl)cc1OC. The molecule has 0 aromatic heterocycles. The van der Waals surface area contributed by atoms with E-state index < -0.39 is 0 Å². The molecule has 0 atom stereocenters. The summed E-state index contributed by atoms with van der Waals surface area (Å²) < 4.78 is 10.3. The molecule has 0 bridgehead atoms. The van der Waals surface area contributed by atoms with E-state index in [1.165, 1.54) is 0 Å². The Morgan fingerprint density at radius 1 is 1.29 bits per heavy atom. The number of alkyl halides is 1. The van der Waals surface area contributed by atoms with Crippen LogP contribution in [-0.4, -0.2) is 33.1 Å². The second-order valence-electron chi connectivity index (χ2n) is 3.43. The van der Waals surface area contributed by atoms with Crippen LogP contribution in [-0.2, 0) is 4.79 Å². The summed E-state index contributed by atoms with van der Waals surface area (Å²) in [6.45, 7) is 0. The molecule has 0 fully saturated rings. The fourth-order valence-corrected chi connectivity index (χ4v) is 1.59. The lowest BCUT2D eigenvalue weighted by molar-refractivity contribution is -0.117. The third kappa shape index (κ3) is 3.27. The van der Waals surface area contributed by atoms with E-state index >= 15 is 0 Å². The van der Waals surface area contributed by atoms with Gasteiger partial charge in [0.1, 0.15) is 0 Å². The standard InChI is InChI=1S/C12H16ClNO3/c1-14(12(15)6-7-13)9-4-5-10(16-2)11(8-9)17-3/h4-5,8H,6-7H2,1-3H3. The predicted octanol–water partition coefficient (Wildman–Crippen LogP) is 2.30. The average molecular weight is 258 g/mol. The first-order valence-electron chi connectivity index (χ1n) is 5.18. The Balaban J connectivity index is 2.95. The molecule has 0 spiro atoms. The number of rotatable bonds is 5. The number of methoxy groups -OCH3 is 2. The van der Waals surface area contributed by atoms with Crippen molar-refractivity contribution in [2.45, 2.75) is 6.42 Å². The molecular formula is C12H16ClNO3. The van der Waals surface area contributed by atoms with E-state index in [-0.39, 0.29) is 5.91 Å². The van der Waals surface area contributed by atoms with Crippen LogP contribution >= 0.6 is 11.6 Å². The van der Waals surface area contributed by atoms with Crippen LogP contribution in [0, 0.1) is 0 Å². The van der Waals surface area contributed by atoms with Gasteiger partial charge in [0.25, 0.3) is 0 Å². The zero-order valence-electron chi connectivity index (χ0n) is 10.2. The molecule has 17 heavy (non-hydrogen) atoms. The first-order valence-corrected chi connectivity index (χ1v) is 5.72. The summed E-state index contributed by atoms with van der Waals surface area (Å²) in [7, 11) is 4.83. The second-order valence-corrected chi connectivity index (χ2v) is 3.81. The maximum absolute atomic E-state index is 11.7. The molecule has 1 amide bonds. The summed E-state index contributed by atoms with van der Waals surface area (Å²) >= 11 is 5.54. The Kier molecular flexibility index (Phi) is 5.10. The molecule has 0 aliphatic carbocycles. The number of ether oxygens (including phenoxy) is 2. The molecule has 4 nitrogen and oxygen atoms in total. The van der Waals surface area contributed by atoms with E-state index in [0.717, 1.165) is 5.69 Å². The molecule has 1 rings (SSSR count). The number of benzene rings is 1. The van der Waals surface area contributed by atoms with Crippen molar-refractivity contribution in [1.82, 2.24) is 0 Å². The monoisotopic (exact) mass is 257 g/mol. The molecule has 0 aliphatic rings. The van der Waals surface area contributed by atoms with Crippen molar-refractivity contribution in [3.8, 4) is 11.5 Å².